The number of carbonyl (C=O) groups is 1. The van der Waals surface area contributed by atoms with Crippen molar-refractivity contribution in [3.8, 4) is 0 Å². The van der Waals surface area contributed by atoms with Gasteiger partial charge in [-0.1, -0.05) is 41.9 Å². The number of benzene rings is 1. The van der Waals surface area contributed by atoms with Crippen LogP contribution < -0.4 is 10.6 Å². The largest absolute Gasteiger partial charge is 0.356 e. The fraction of sp³-hybridized carbons (Fsp3) is 0.632. The van der Waals surface area contributed by atoms with Gasteiger partial charge in [0, 0.05) is 16.9 Å². The third kappa shape index (κ3) is 6.64. The Kier molecular flexibility index (Phi) is 7.57. The summed E-state index contributed by atoms with van der Waals surface area (Å²) in [6.07, 6.45) is 4.07. The first kappa shape index (κ1) is 18.5. The van der Waals surface area contributed by atoms with Crippen LogP contribution in [0.1, 0.15) is 38.7 Å². The molecule has 0 spiro atoms. The molecule has 2 atom stereocenters. The maximum absolute atomic E-state index is 12.6. The summed E-state index contributed by atoms with van der Waals surface area (Å²) in [6.45, 7) is 7.40. The van der Waals surface area contributed by atoms with Crippen molar-refractivity contribution < 1.29 is 4.79 Å². The lowest BCUT2D eigenvalue weighted by Crippen LogP contribution is -2.34. The summed E-state index contributed by atoms with van der Waals surface area (Å²) in [7, 11) is 0. The average Bonchev–Trinajstić information content (AvgIpc) is 2.99. The van der Waals surface area contributed by atoms with E-state index in [1.165, 1.54) is 12.0 Å². The molecule has 1 aliphatic rings. The Bertz CT molecular complexity index is 498. The van der Waals surface area contributed by atoms with Crippen molar-refractivity contribution in [2.24, 2.45) is 17.8 Å². The molecule has 2 N–H and O–H groups in total. The first-order valence-electron chi connectivity index (χ1n) is 8.77. The molecule has 3 nitrogen and oxygen atoms in total. The Morgan fingerprint density at radius 2 is 2.26 bits per heavy atom. The first-order chi connectivity index (χ1) is 11.0. The number of halogens is 1. The minimum Gasteiger partial charge on any atom is -0.356 e. The molecule has 23 heavy (non-hydrogen) atoms. The highest BCUT2D eigenvalue weighted by atomic mass is 79.9. The minimum atomic E-state index is 0.0611. The smallest absolute Gasteiger partial charge is 0.223 e. The van der Waals surface area contributed by atoms with Gasteiger partial charge in [-0.2, -0.15) is 0 Å². The molecule has 1 aliphatic heterocycles. The number of carbonyl (C=O) groups excluding carboxylic acids is 1. The van der Waals surface area contributed by atoms with Crippen molar-refractivity contribution in [3.05, 3.63) is 34.3 Å². The van der Waals surface area contributed by atoms with Gasteiger partial charge in [-0.05, 0) is 68.3 Å². The molecular formula is C19H29BrN2O. The maximum atomic E-state index is 12.6. The second kappa shape index (κ2) is 9.43. The van der Waals surface area contributed by atoms with Crippen molar-refractivity contribution in [3.63, 3.8) is 0 Å². The van der Waals surface area contributed by atoms with Gasteiger partial charge >= 0.3 is 0 Å². The first-order valence-corrected chi connectivity index (χ1v) is 9.56. The summed E-state index contributed by atoms with van der Waals surface area (Å²) >= 11 is 3.51. The Morgan fingerprint density at radius 3 is 2.91 bits per heavy atom. The summed E-state index contributed by atoms with van der Waals surface area (Å²) < 4.78 is 1.08. The van der Waals surface area contributed by atoms with Gasteiger partial charge in [0.25, 0.3) is 0 Å². The van der Waals surface area contributed by atoms with E-state index in [0.29, 0.717) is 5.92 Å². The van der Waals surface area contributed by atoms with Crippen LogP contribution in [0, 0.1) is 17.8 Å². The highest BCUT2D eigenvalue weighted by Gasteiger charge is 2.21. The number of nitrogens with one attached hydrogen (secondary N) is 2. The molecule has 1 amide bonds. The van der Waals surface area contributed by atoms with E-state index in [9.17, 15) is 4.79 Å². The number of rotatable bonds is 8. The molecule has 1 fully saturated rings. The minimum absolute atomic E-state index is 0.0611. The quantitative estimate of drug-likeness (QED) is 0.720. The molecule has 1 heterocycles. The maximum Gasteiger partial charge on any atom is 0.223 e. The summed E-state index contributed by atoms with van der Waals surface area (Å²) in [5.74, 6) is 1.52. The van der Waals surface area contributed by atoms with E-state index in [1.54, 1.807) is 0 Å². The molecule has 2 rings (SSSR count). The van der Waals surface area contributed by atoms with Crippen LogP contribution in [-0.2, 0) is 11.2 Å². The molecule has 0 bridgehead atoms. The van der Waals surface area contributed by atoms with Gasteiger partial charge in [-0.15, -0.1) is 0 Å². The predicted octanol–water partition coefficient (Wildman–Crippen LogP) is 3.77. The topological polar surface area (TPSA) is 41.1 Å². The Balaban J connectivity index is 1.86. The zero-order valence-corrected chi connectivity index (χ0v) is 15.9. The number of hydrogen-bond acceptors (Lipinski definition) is 2. The van der Waals surface area contributed by atoms with Crippen molar-refractivity contribution in [2.45, 2.75) is 39.5 Å². The van der Waals surface area contributed by atoms with Crippen molar-refractivity contribution in [1.82, 2.24) is 10.6 Å². The molecule has 1 aromatic rings. The fourth-order valence-electron chi connectivity index (χ4n) is 3.31. The van der Waals surface area contributed by atoms with E-state index in [0.717, 1.165) is 49.3 Å². The Morgan fingerprint density at radius 1 is 1.43 bits per heavy atom. The van der Waals surface area contributed by atoms with Gasteiger partial charge in [0.15, 0.2) is 0 Å². The van der Waals surface area contributed by atoms with Gasteiger partial charge in [0.05, 0.1) is 0 Å². The summed E-state index contributed by atoms with van der Waals surface area (Å²) in [5, 5.41) is 6.55. The molecule has 1 saturated heterocycles. The molecule has 128 valence electrons. The summed E-state index contributed by atoms with van der Waals surface area (Å²) in [6, 6.07) is 8.29. The van der Waals surface area contributed by atoms with Gasteiger partial charge in [-0.3, -0.25) is 4.79 Å². The zero-order valence-electron chi connectivity index (χ0n) is 14.3. The molecule has 0 aliphatic carbocycles. The van der Waals surface area contributed by atoms with Crippen LogP contribution in [0.3, 0.4) is 0 Å². The highest BCUT2D eigenvalue weighted by molar-refractivity contribution is 9.10. The molecule has 0 aromatic heterocycles. The van der Waals surface area contributed by atoms with Crippen LogP contribution in [0.15, 0.2) is 28.7 Å². The molecular weight excluding hydrogens is 352 g/mol. The Labute approximate surface area is 148 Å². The van der Waals surface area contributed by atoms with E-state index in [4.69, 9.17) is 0 Å². The number of amides is 1. The lowest BCUT2D eigenvalue weighted by Gasteiger charge is -2.19. The summed E-state index contributed by atoms with van der Waals surface area (Å²) in [5.41, 5.74) is 1.22. The zero-order chi connectivity index (χ0) is 16.7. The van der Waals surface area contributed by atoms with E-state index in [1.807, 2.05) is 12.1 Å². The molecule has 2 unspecified atom stereocenters. The van der Waals surface area contributed by atoms with Crippen LogP contribution in [-0.4, -0.2) is 25.5 Å². The van der Waals surface area contributed by atoms with E-state index < -0.39 is 0 Å². The van der Waals surface area contributed by atoms with Gasteiger partial charge in [0.1, 0.15) is 0 Å². The predicted molar refractivity (Wildman–Crippen MR) is 99.4 cm³/mol. The SMILES string of the molecule is CC(C)CC(Cc1cccc(Br)c1)C(=O)NCCC1CCNC1. The van der Waals surface area contributed by atoms with Gasteiger partial charge < -0.3 is 10.6 Å². The third-order valence-electron chi connectivity index (χ3n) is 4.51. The summed E-state index contributed by atoms with van der Waals surface area (Å²) in [4.78, 5) is 12.6. The van der Waals surface area contributed by atoms with Crippen molar-refractivity contribution in [1.29, 1.82) is 0 Å². The van der Waals surface area contributed by atoms with Crippen LogP contribution in [0.4, 0.5) is 0 Å². The van der Waals surface area contributed by atoms with Gasteiger partial charge in [-0.25, -0.2) is 0 Å². The Hall–Kier alpha value is -0.870. The van der Waals surface area contributed by atoms with Crippen LogP contribution in [0.5, 0.6) is 0 Å². The fourth-order valence-corrected chi connectivity index (χ4v) is 3.75. The lowest BCUT2D eigenvalue weighted by atomic mass is 9.90. The highest BCUT2D eigenvalue weighted by Crippen LogP contribution is 2.20. The third-order valence-corrected chi connectivity index (χ3v) is 5.01. The second-order valence-corrected chi connectivity index (χ2v) is 8.01. The van der Waals surface area contributed by atoms with Gasteiger partial charge in [0.2, 0.25) is 5.91 Å². The van der Waals surface area contributed by atoms with Crippen LogP contribution >= 0.6 is 15.9 Å². The lowest BCUT2D eigenvalue weighted by molar-refractivity contribution is -0.125. The van der Waals surface area contributed by atoms with E-state index in [2.05, 4.69) is 52.5 Å². The normalized spacial score (nSPS) is 19.0. The molecule has 0 radical (unpaired) electrons. The standard InChI is InChI=1S/C19H29BrN2O/c1-14(2)10-17(11-16-4-3-5-18(20)12-16)19(23)22-9-7-15-6-8-21-13-15/h3-5,12,14-15,17,21H,6-11,13H2,1-2H3,(H,22,23). The monoisotopic (exact) mass is 380 g/mol. The molecule has 1 aromatic carbocycles. The van der Waals surface area contributed by atoms with Crippen molar-refractivity contribution in [2.75, 3.05) is 19.6 Å². The number of hydrogen-bond donors (Lipinski definition) is 2. The average molecular weight is 381 g/mol. The van der Waals surface area contributed by atoms with Crippen molar-refractivity contribution >= 4 is 21.8 Å². The van der Waals surface area contributed by atoms with E-state index in [-0.39, 0.29) is 11.8 Å². The molecule has 0 saturated carbocycles. The molecule has 4 heteroatoms. The second-order valence-electron chi connectivity index (χ2n) is 7.10. The van der Waals surface area contributed by atoms with Crippen LogP contribution in [0.2, 0.25) is 0 Å². The van der Waals surface area contributed by atoms with Crippen LogP contribution in [0.25, 0.3) is 0 Å². The van der Waals surface area contributed by atoms with E-state index >= 15 is 0 Å².